The third kappa shape index (κ3) is 5.36. The first kappa shape index (κ1) is 23.3. The van der Waals surface area contributed by atoms with Crippen molar-refractivity contribution in [2.24, 2.45) is 5.92 Å². The van der Waals surface area contributed by atoms with Gasteiger partial charge in [-0.25, -0.2) is 9.97 Å². The van der Waals surface area contributed by atoms with E-state index in [0.29, 0.717) is 41.3 Å². The molecule has 0 bridgehead atoms. The minimum Gasteiger partial charge on any atom is -0.474 e. The SMILES string of the molecule is CC(C)CC1C(=O)N(Cc2ccc3c(N)ncnc3c2)CCN1C(=O)COc1ccc(Cl)s1. The predicted octanol–water partition coefficient (Wildman–Crippen LogP) is 3.59. The van der Waals surface area contributed by atoms with Crippen LogP contribution in [0.3, 0.4) is 0 Å². The number of halogens is 1. The lowest BCUT2D eigenvalue weighted by atomic mass is 9.98. The topological polar surface area (TPSA) is 102 Å². The molecule has 3 aromatic rings. The van der Waals surface area contributed by atoms with Crippen LogP contribution >= 0.6 is 22.9 Å². The molecule has 0 spiro atoms. The molecule has 1 aliphatic heterocycles. The summed E-state index contributed by atoms with van der Waals surface area (Å²) in [6, 6.07) is 8.68. The summed E-state index contributed by atoms with van der Waals surface area (Å²) in [7, 11) is 0. The van der Waals surface area contributed by atoms with E-state index in [-0.39, 0.29) is 24.3 Å². The van der Waals surface area contributed by atoms with Crippen LogP contribution in [-0.4, -0.2) is 57.3 Å². The van der Waals surface area contributed by atoms with E-state index in [1.807, 2.05) is 36.9 Å². The molecule has 174 valence electrons. The number of nitrogen functional groups attached to an aromatic ring is 1. The van der Waals surface area contributed by atoms with E-state index in [2.05, 4.69) is 9.97 Å². The van der Waals surface area contributed by atoms with Crippen molar-refractivity contribution in [1.82, 2.24) is 19.8 Å². The zero-order chi connectivity index (χ0) is 23.5. The zero-order valence-electron chi connectivity index (χ0n) is 18.5. The van der Waals surface area contributed by atoms with Crippen LogP contribution in [0.1, 0.15) is 25.8 Å². The summed E-state index contributed by atoms with van der Waals surface area (Å²) in [6.07, 6.45) is 2.02. The van der Waals surface area contributed by atoms with Crippen LogP contribution in [0.15, 0.2) is 36.7 Å². The lowest BCUT2D eigenvalue weighted by Gasteiger charge is -2.41. The summed E-state index contributed by atoms with van der Waals surface area (Å²) in [6.45, 7) is 5.33. The average molecular weight is 488 g/mol. The molecule has 33 heavy (non-hydrogen) atoms. The second-order valence-corrected chi connectivity index (χ2v) is 10.1. The molecule has 1 unspecified atom stereocenters. The number of amides is 2. The number of piperazine rings is 1. The van der Waals surface area contributed by atoms with Crippen LogP contribution in [0.25, 0.3) is 10.9 Å². The van der Waals surface area contributed by atoms with Crippen molar-refractivity contribution >= 4 is 51.5 Å². The van der Waals surface area contributed by atoms with Gasteiger partial charge in [-0.05, 0) is 42.2 Å². The Morgan fingerprint density at radius 1 is 1.27 bits per heavy atom. The predicted molar refractivity (Wildman–Crippen MR) is 129 cm³/mol. The fourth-order valence-corrected chi connectivity index (χ4v) is 4.88. The lowest BCUT2D eigenvalue weighted by Crippen LogP contribution is -2.59. The summed E-state index contributed by atoms with van der Waals surface area (Å²) in [5.41, 5.74) is 7.61. The Labute approximate surface area is 201 Å². The van der Waals surface area contributed by atoms with Gasteiger partial charge in [0.25, 0.3) is 5.91 Å². The quantitative estimate of drug-likeness (QED) is 0.546. The number of carbonyl (C=O) groups excluding carboxylic acids is 2. The molecule has 3 heterocycles. The molecule has 0 aliphatic carbocycles. The molecule has 2 N–H and O–H groups in total. The number of hydrogen-bond acceptors (Lipinski definition) is 7. The molecule has 10 heteroatoms. The molecule has 0 saturated carbocycles. The van der Waals surface area contributed by atoms with E-state index in [0.717, 1.165) is 16.5 Å². The second-order valence-electron chi connectivity index (χ2n) is 8.45. The summed E-state index contributed by atoms with van der Waals surface area (Å²) >= 11 is 7.20. The Kier molecular flexibility index (Phi) is 6.99. The Balaban J connectivity index is 1.46. The van der Waals surface area contributed by atoms with Crippen LogP contribution in [0, 0.1) is 5.92 Å². The molecule has 4 rings (SSSR count). The second kappa shape index (κ2) is 9.93. The lowest BCUT2D eigenvalue weighted by molar-refractivity contribution is -0.153. The van der Waals surface area contributed by atoms with Gasteiger partial charge in [-0.2, -0.15) is 0 Å². The van der Waals surface area contributed by atoms with Gasteiger partial charge in [-0.15, -0.1) is 0 Å². The van der Waals surface area contributed by atoms with E-state index < -0.39 is 6.04 Å². The molecule has 1 atom stereocenters. The molecular formula is C23H26ClN5O3S. The van der Waals surface area contributed by atoms with Crippen LogP contribution in [0.4, 0.5) is 5.82 Å². The highest BCUT2D eigenvalue weighted by Crippen LogP contribution is 2.28. The minimum absolute atomic E-state index is 0.0511. The molecule has 0 radical (unpaired) electrons. The Hall–Kier alpha value is -2.91. The van der Waals surface area contributed by atoms with Crippen molar-refractivity contribution in [3.63, 3.8) is 0 Å². The van der Waals surface area contributed by atoms with Crippen LogP contribution in [0.5, 0.6) is 5.06 Å². The molecule has 1 saturated heterocycles. The fraction of sp³-hybridized carbons (Fsp3) is 0.391. The highest BCUT2D eigenvalue weighted by atomic mass is 35.5. The van der Waals surface area contributed by atoms with E-state index in [1.54, 1.807) is 17.0 Å². The number of nitrogens with zero attached hydrogens (tertiary/aromatic N) is 4. The first-order valence-corrected chi connectivity index (χ1v) is 12.0. The van der Waals surface area contributed by atoms with Crippen LogP contribution < -0.4 is 10.5 Å². The van der Waals surface area contributed by atoms with Gasteiger partial charge < -0.3 is 20.3 Å². The van der Waals surface area contributed by atoms with Gasteiger partial charge >= 0.3 is 0 Å². The summed E-state index contributed by atoms with van der Waals surface area (Å²) in [5, 5.41) is 1.37. The number of benzene rings is 1. The normalized spacial score (nSPS) is 16.6. The van der Waals surface area contributed by atoms with Gasteiger partial charge in [0.05, 0.1) is 9.85 Å². The van der Waals surface area contributed by atoms with Crippen molar-refractivity contribution < 1.29 is 14.3 Å². The van der Waals surface area contributed by atoms with Gasteiger partial charge in [-0.1, -0.05) is 42.9 Å². The van der Waals surface area contributed by atoms with Crippen molar-refractivity contribution in [1.29, 1.82) is 0 Å². The van der Waals surface area contributed by atoms with Gasteiger partial charge in [-0.3, -0.25) is 9.59 Å². The number of rotatable bonds is 7. The highest BCUT2D eigenvalue weighted by molar-refractivity contribution is 7.17. The van der Waals surface area contributed by atoms with Gasteiger partial charge in [0.2, 0.25) is 5.91 Å². The van der Waals surface area contributed by atoms with Gasteiger partial charge in [0.15, 0.2) is 11.7 Å². The summed E-state index contributed by atoms with van der Waals surface area (Å²) < 4.78 is 6.20. The number of ether oxygens (including phenoxy) is 1. The first-order valence-electron chi connectivity index (χ1n) is 10.8. The van der Waals surface area contributed by atoms with Crippen molar-refractivity contribution in [3.05, 3.63) is 46.6 Å². The first-order chi connectivity index (χ1) is 15.8. The van der Waals surface area contributed by atoms with E-state index >= 15 is 0 Å². The van der Waals surface area contributed by atoms with E-state index in [4.69, 9.17) is 22.1 Å². The Morgan fingerprint density at radius 3 is 2.82 bits per heavy atom. The molecule has 2 aromatic heterocycles. The van der Waals surface area contributed by atoms with Crippen molar-refractivity contribution in [2.75, 3.05) is 25.4 Å². The summed E-state index contributed by atoms with van der Waals surface area (Å²) in [5.74, 6) is 0.436. The smallest absolute Gasteiger partial charge is 0.261 e. The van der Waals surface area contributed by atoms with Gasteiger partial charge in [0, 0.05) is 25.0 Å². The monoisotopic (exact) mass is 487 g/mol. The number of fused-ring (bicyclic) bond motifs is 1. The minimum atomic E-state index is -0.514. The number of aromatic nitrogens is 2. The molecular weight excluding hydrogens is 462 g/mol. The third-order valence-electron chi connectivity index (χ3n) is 5.59. The molecule has 8 nitrogen and oxygen atoms in total. The highest BCUT2D eigenvalue weighted by Gasteiger charge is 2.37. The number of anilines is 1. The standard InChI is InChI=1S/C23H26ClN5O3S/c1-14(2)9-18-23(31)28(11-15-3-4-16-17(10-15)26-13-27-22(16)25)7-8-29(18)20(30)12-32-21-6-5-19(24)33-21/h3-6,10,13-14,18H,7-9,11-12H2,1-2H3,(H2,25,26,27). The van der Waals surface area contributed by atoms with Crippen molar-refractivity contribution in [3.8, 4) is 5.06 Å². The molecule has 2 amide bonds. The van der Waals surface area contributed by atoms with E-state index in [1.165, 1.54) is 17.7 Å². The fourth-order valence-electron chi connectivity index (χ4n) is 4.00. The third-order valence-corrected chi connectivity index (χ3v) is 6.73. The zero-order valence-corrected chi connectivity index (χ0v) is 20.1. The van der Waals surface area contributed by atoms with Crippen LogP contribution in [-0.2, 0) is 16.1 Å². The summed E-state index contributed by atoms with van der Waals surface area (Å²) in [4.78, 5) is 38.1. The molecule has 1 aromatic carbocycles. The molecule has 1 fully saturated rings. The maximum atomic E-state index is 13.4. The Bertz CT molecular complexity index is 1170. The maximum Gasteiger partial charge on any atom is 0.261 e. The maximum absolute atomic E-state index is 13.4. The number of nitrogens with two attached hydrogens (primary N) is 1. The number of hydrogen-bond donors (Lipinski definition) is 1. The number of thiophene rings is 1. The number of carbonyl (C=O) groups is 2. The van der Waals surface area contributed by atoms with Gasteiger partial charge in [0.1, 0.15) is 18.2 Å². The average Bonchev–Trinajstić information content (AvgIpc) is 3.20. The molecule has 1 aliphatic rings. The largest absolute Gasteiger partial charge is 0.474 e. The van der Waals surface area contributed by atoms with E-state index in [9.17, 15) is 9.59 Å². The van der Waals surface area contributed by atoms with Crippen molar-refractivity contribution in [2.45, 2.75) is 32.9 Å². The van der Waals surface area contributed by atoms with Crippen LogP contribution in [0.2, 0.25) is 4.34 Å². The Morgan fingerprint density at radius 2 is 2.09 bits per heavy atom.